The van der Waals surface area contributed by atoms with Crippen LogP contribution in [0.5, 0.6) is 11.5 Å². The van der Waals surface area contributed by atoms with E-state index in [1.54, 1.807) is 12.1 Å². The lowest BCUT2D eigenvalue weighted by molar-refractivity contribution is -0.137. The third-order valence-corrected chi connectivity index (χ3v) is 6.26. The number of phenols is 1. The number of carbonyl (C=O) groups excluding carboxylic acids is 2. The van der Waals surface area contributed by atoms with Gasteiger partial charge in [0.05, 0.1) is 0 Å². The lowest BCUT2D eigenvalue weighted by Crippen LogP contribution is -2.34. The smallest absolute Gasteiger partial charge is 0.337 e. The number of hydrogen-bond donors (Lipinski definition) is 2. The number of aldehydes is 1. The van der Waals surface area contributed by atoms with Gasteiger partial charge in [-0.3, -0.25) is 0 Å². The summed E-state index contributed by atoms with van der Waals surface area (Å²) in [6, 6.07) is 11.1. The molecule has 2 aromatic rings. The highest BCUT2D eigenvalue weighted by molar-refractivity contribution is 5.74. The molecule has 5 heteroatoms. The summed E-state index contributed by atoms with van der Waals surface area (Å²) in [5, 5.41) is 19.6. The molecule has 0 aromatic heterocycles. The van der Waals surface area contributed by atoms with Crippen LogP contribution >= 0.6 is 0 Å². The van der Waals surface area contributed by atoms with Gasteiger partial charge in [0.1, 0.15) is 24.4 Å². The number of aliphatic hydroxyl groups is 1. The van der Waals surface area contributed by atoms with Gasteiger partial charge in [-0.25, -0.2) is 4.79 Å². The molecule has 2 aromatic carbocycles. The van der Waals surface area contributed by atoms with Gasteiger partial charge in [0, 0.05) is 16.9 Å². The van der Waals surface area contributed by atoms with Crippen molar-refractivity contribution in [3.63, 3.8) is 0 Å². The highest BCUT2D eigenvalue weighted by atomic mass is 16.5. The van der Waals surface area contributed by atoms with Crippen LogP contribution in [0.2, 0.25) is 0 Å². The second kappa shape index (κ2) is 9.07. The summed E-state index contributed by atoms with van der Waals surface area (Å²) in [6.45, 7) is 15.4. The van der Waals surface area contributed by atoms with Crippen LogP contribution in [0, 0.1) is 5.92 Å². The molecule has 0 heterocycles. The van der Waals surface area contributed by atoms with E-state index in [-0.39, 0.29) is 22.5 Å². The summed E-state index contributed by atoms with van der Waals surface area (Å²) in [6.07, 6.45) is 0.945. The molecule has 0 aliphatic rings. The Labute approximate surface area is 191 Å². The minimum atomic E-state index is -0.722. The first kappa shape index (κ1) is 25.6. The molecule has 0 bridgehead atoms. The van der Waals surface area contributed by atoms with Gasteiger partial charge < -0.3 is 19.7 Å². The molecular weight excluding hydrogens is 404 g/mol. The topological polar surface area (TPSA) is 83.8 Å². The molecule has 0 saturated carbocycles. The van der Waals surface area contributed by atoms with E-state index < -0.39 is 18.0 Å². The van der Waals surface area contributed by atoms with Crippen molar-refractivity contribution in [3.05, 3.63) is 58.7 Å². The SMILES string of the molecule is CC(C=O)C(C)(c1ccc(O)c(C(C)(C)C)c1)c1ccc(OC(=O)CO)c(C(C)(C)C)c1. The lowest BCUT2D eigenvalue weighted by atomic mass is 9.66. The summed E-state index contributed by atoms with van der Waals surface area (Å²) in [5.41, 5.74) is 2.12. The fourth-order valence-corrected chi connectivity index (χ4v) is 3.97. The molecule has 174 valence electrons. The Morgan fingerprint density at radius 3 is 1.91 bits per heavy atom. The Morgan fingerprint density at radius 2 is 1.44 bits per heavy atom. The number of hydrogen-bond acceptors (Lipinski definition) is 5. The van der Waals surface area contributed by atoms with Crippen LogP contribution in [0.15, 0.2) is 36.4 Å². The average Bonchev–Trinajstić information content (AvgIpc) is 2.71. The minimum Gasteiger partial charge on any atom is -0.508 e. The third kappa shape index (κ3) is 5.04. The molecule has 2 unspecified atom stereocenters. The first-order valence-electron chi connectivity index (χ1n) is 10.9. The van der Waals surface area contributed by atoms with Gasteiger partial charge in [-0.1, -0.05) is 79.7 Å². The standard InChI is InChI=1S/C27H36O5/c1-17(15-28)27(8,18-9-11-22(30)20(13-18)25(2,3)4)19-10-12-23(32-24(31)16-29)21(14-19)26(5,6)7/h9-15,17,29-30H,16H2,1-8H3. The van der Waals surface area contributed by atoms with E-state index >= 15 is 0 Å². The minimum absolute atomic E-state index is 0.226. The van der Waals surface area contributed by atoms with E-state index in [4.69, 9.17) is 9.84 Å². The maximum Gasteiger partial charge on any atom is 0.337 e. The van der Waals surface area contributed by atoms with Crippen molar-refractivity contribution < 1.29 is 24.5 Å². The van der Waals surface area contributed by atoms with Gasteiger partial charge in [0.25, 0.3) is 0 Å². The number of phenolic OH excluding ortho intramolecular Hbond substituents is 1. The van der Waals surface area contributed by atoms with Crippen LogP contribution in [0.25, 0.3) is 0 Å². The number of esters is 1. The molecule has 2 rings (SSSR count). The van der Waals surface area contributed by atoms with Gasteiger partial charge in [-0.05, 0) is 39.7 Å². The zero-order valence-electron chi connectivity index (χ0n) is 20.4. The van der Waals surface area contributed by atoms with Crippen molar-refractivity contribution in [2.24, 2.45) is 5.92 Å². The predicted octanol–water partition coefficient (Wildman–Crippen LogP) is 5.03. The zero-order valence-corrected chi connectivity index (χ0v) is 20.4. The van der Waals surface area contributed by atoms with Crippen LogP contribution < -0.4 is 4.74 Å². The third-order valence-electron chi connectivity index (χ3n) is 6.26. The summed E-state index contributed by atoms with van der Waals surface area (Å²) >= 11 is 0. The second-order valence-corrected chi connectivity index (χ2v) is 10.7. The van der Waals surface area contributed by atoms with Crippen LogP contribution in [0.4, 0.5) is 0 Å². The van der Waals surface area contributed by atoms with Crippen LogP contribution in [-0.4, -0.2) is 29.1 Å². The second-order valence-electron chi connectivity index (χ2n) is 10.7. The largest absolute Gasteiger partial charge is 0.508 e. The Balaban J connectivity index is 2.79. The molecule has 2 atom stereocenters. The number of benzene rings is 2. The maximum absolute atomic E-state index is 12.0. The first-order chi connectivity index (χ1) is 14.7. The summed E-state index contributed by atoms with van der Waals surface area (Å²) in [4.78, 5) is 23.8. The number of aromatic hydroxyl groups is 1. The van der Waals surface area contributed by atoms with E-state index in [2.05, 4.69) is 0 Å². The van der Waals surface area contributed by atoms with Crippen LogP contribution in [0.1, 0.15) is 77.6 Å². The van der Waals surface area contributed by atoms with Crippen molar-refractivity contribution >= 4 is 12.3 Å². The fourth-order valence-electron chi connectivity index (χ4n) is 3.97. The van der Waals surface area contributed by atoms with E-state index in [1.165, 1.54) is 0 Å². The van der Waals surface area contributed by atoms with Crippen LogP contribution in [-0.2, 0) is 25.8 Å². The van der Waals surface area contributed by atoms with E-state index in [0.717, 1.165) is 28.5 Å². The zero-order chi connectivity index (χ0) is 24.5. The molecule has 0 amide bonds. The van der Waals surface area contributed by atoms with Crippen molar-refractivity contribution in [3.8, 4) is 11.5 Å². The molecule has 5 nitrogen and oxygen atoms in total. The predicted molar refractivity (Wildman–Crippen MR) is 126 cm³/mol. The van der Waals surface area contributed by atoms with Gasteiger partial charge in [0.2, 0.25) is 0 Å². The van der Waals surface area contributed by atoms with E-state index in [9.17, 15) is 14.7 Å². The Hall–Kier alpha value is -2.66. The number of aliphatic hydroxyl groups excluding tert-OH is 1. The molecule has 0 aliphatic heterocycles. The van der Waals surface area contributed by atoms with E-state index in [0.29, 0.717) is 5.75 Å². The molecule has 0 spiro atoms. The lowest BCUT2D eigenvalue weighted by Gasteiger charge is -2.37. The fraction of sp³-hybridized carbons (Fsp3) is 0.481. The highest BCUT2D eigenvalue weighted by Gasteiger charge is 2.37. The average molecular weight is 441 g/mol. The van der Waals surface area contributed by atoms with E-state index in [1.807, 2.05) is 79.7 Å². The molecular formula is C27H36O5. The number of carbonyl (C=O) groups is 2. The Kier molecular flexibility index (Phi) is 7.25. The molecule has 32 heavy (non-hydrogen) atoms. The first-order valence-corrected chi connectivity index (χ1v) is 10.9. The molecule has 2 N–H and O–H groups in total. The number of rotatable bonds is 6. The van der Waals surface area contributed by atoms with Crippen molar-refractivity contribution in [1.29, 1.82) is 0 Å². The summed E-state index contributed by atoms with van der Waals surface area (Å²) in [5.74, 6) is -0.467. The van der Waals surface area contributed by atoms with Crippen molar-refractivity contribution in [2.45, 2.75) is 71.6 Å². The molecule has 0 fully saturated rings. The number of ether oxygens (including phenoxy) is 1. The van der Waals surface area contributed by atoms with Crippen molar-refractivity contribution in [1.82, 2.24) is 0 Å². The van der Waals surface area contributed by atoms with Crippen LogP contribution in [0.3, 0.4) is 0 Å². The van der Waals surface area contributed by atoms with Gasteiger partial charge in [0.15, 0.2) is 0 Å². The quantitative estimate of drug-likeness (QED) is 0.374. The van der Waals surface area contributed by atoms with Gasteiger partial charge in [-0.2, -0.15) is 0 Å². The molecule has 0 radical (unpaired) electrons. The monoisotopic (exact) mass is 440 g/mol. The maximum atomic E-state index is 12.0. The summed E-state index contributed by atoms with van der Waals surface area (Å²) < 4.78 is 5.37. The normalized spacial score (nSPS) is 15.0. The molecule has 0 aliphatic carbocycles. The Morgan fingerprint density at radius 1 is 0.938 bits per heavy atom. The summed E-state index contributed by atoms with van der Waals surface area (Å²) in [7, 11) is 0. The molecule has 0 saturated heterocycles. The Bertz CT molecular complexity index is 994. The van der Waals surface area contributed by atoms with Gasteiger partial charge >= 0.3 is 5.97 Å². The van der Waals surface area contributed by atoms with Gasteiger partial charge in [-0.15, -0.1) is 0 Å². The highest BCUT2D eigenvalue weighted by Crippen LogP contribution is 2.44. The van der Waals surface area contributed by atoms with Crippen molar-refractivity contribution in [2.75, 3.05) is 6.61 Å².